The van der Waals surface area contributed by atoms with Gasteiger partial charge in [-0.25, -0.2) is 0 Å². The average molecular weight is 295 g/mol. The molecule has 1 amide bonds. The number of halogens is 1. The maximum atomic E-state index is 12.3. The van der Waals surface area contributed by atoms with Crippen molar-refractivity contribution in [2.45, 2.75) is 32.6 Å². The molecule has 1 fully saturated rings. The van der Waals surface area contributed by atoms with Crippen molar-refractivity contribution < 1.29 is 14.7 Å². The van der Waals surface area contributed by atoms with Crippen LogP contribution in [0.25, 0.3) is 0 Å². The number of carboxylic acid groups (broad SMARTS) is 1. The molecule has 0 spiro atoms. The SMILES string of the molecule is Cc1c(Cl)cccc1NC(=O)[C@@H]1CCCC[C@@H]1C(=O)[O-]. The fourth-order valence-electron chi connectivity index (χ4n) is 2.70. The predicted molar refractivity (Wildman–Crippen MR) is 75.3 cm³/mol. The third-order valence-corrected chi connectivity index (χ3v) is 4.34. The monoisotopic (exact) mass is 294 g/mol. The molecule has 2 rings (SSSR count). The Kier molecular flexibility index (Phi) is 4.65. The standard InChI is InChI=1S/C15H18ClNO3/c1-9-12(16)7-4-8-13(9)17-14(18)10-5-2-3-6-11(10)15(19)20/h4,7-8,10-11H,2-3,5-6H2,1H3,(H,17,18)(H,19,20)/p-1/t10-,11+/m1/s1. The minimum absolute atomic E-state index is 0.260. The van der Waals surface area contributed by atoms with Crippen molar-refractivity contribution in [1.82, 2.24) is 0 Å². The molecule has 0 aliphatic heterocycles. The summed E-state index contributed by atoms with van der Waals surface area (Å²) in [6, 6.07) is 5.26. The maximum absolute atomic E-state index is 12.3. The number of aliphatic carboxylic acids is 1. The number of carbonyl (C=O) groups excluding carboxylic acids is 2. The van der Waals surface area contributed by atoms with Gasteiger partial charge in [0.1, 0.15) is 0 Å². The second-order valence-corrected chi connectivity index (χ2v) is 5.63. The van der Waals surface area contributed by atoms with E-state index in [4.69, 9.17) is 11.6 Å². The van der Waals surface area contributed by atoms with Crippen LogP contribution in [0.3, 0.4) is 0 Å². The first-order valence-corrected chi connectivity index (χ1v) is 7.15. The molecule has 108 valence electrons. The van der Waals surface area contributed by atoms with E-state index in [1.807, 2.05) is 6.92 Å². The highest BCUT2D eigenvalue weighted by Crippen LogP contribution is 2.31. The van der Waals surface area contributed by atoms with E-state index in [1.165, 1.54) is 0 Å². The lowest BCUT2D eigenvalue weighted by Gasteiger charge is -2.31. The fourth-order valence-corrected chi connectivity index (χ4v) is 2.87. The maximum Gasteiger partial charge on any atom is 0.228 e. The normalized spacial score (nSPS) is 22.3. The molecule has 1 aliphatic rings. The number of carboxylic acids is 1. The van der Waals surface area contributed by atoms with Crippen LogP contribution in [0.15, 0.2) is 18.2 Å². The van der Waals surface area contributed by atoms with Crippen LogP contribution in [-0.2, 0) is 9.59 Å². The summed E-state index contributed by atoms with van der Waals surface area (Å²) in [5.41, 5.74) is 1.41. The Morgan fingerprint density at radius 1 is 1.25 bits per heavy atom. The first-order chi connectivity index (χ1) is 9.50. The molecule has 0 bridgehead atoms. The van der Waals surface area contributed by atoms with E-state index in [0.717, 1.165) is 18.4 Å². The number of hydrogen-bond donors (Lipinski definition) is 1. The summed E-state index contributed by atoms with van der Waals surface area (Å²) in [4.78, 5) is 23.4. The molecule has 1 aliphatic carbocycles. The second kappa shape index (κ2) is 6.27. The summed E-state index contributed by atoms with van der Waals surface area (Å²) < 4.78 is 0. The molecule has 0 saturated heterocycles. The third kappa shape index (κ3) is 3.12. The van der Waals surface area contributed by atoms with Gasteiger partial charge in [-0.3, -0.25) is 4.79 Å². The molecule has 0 heterocycles. The summed E-state index contributed by atoms with van der Waals surface area (Å²) in [6.07, 6.45) is 2.80. The second-order valence-electron chi connectivity index (χ2n) is 5.22. The van der Waals surface area contributed by atoms with Crippen molar-refractivity contribution in [3.63, 3.8) is 0 Å². The van der Waals surface area contributed by atoms with Crippen molar-refractivity contribution in [2.24, 2.45) is 11.8 Å². The highest BCUT2D eigenvalue weighted by atomic mass is 35.5. The zero-order valence-corrected chi connectivity index (χ0v) is 12.1. The van der Waals surface area contributed by atoms with Gasteiger partial charge in [0, 0.05) is 28.5 Å². The summed E-state index contributed by atoms with van der Waals surface area (Å²) in [5.74, 6) is -2.60. The lowest BCUT2D eigenvalue weighted by Crippen LogP contribution is -2.42. The van der Waals surface area contributed by atoms with Crippen molar-refractivity contribution in [3.8, 4) is 0 Å². The lowest BCUT2D eigenvalue weighted by molar-refractivity contribution is -0.313. The van der Waals surface area contributed by atoms with Gasteiger partial charge in [-0.1, -0.05) is 30.5 Å². The number of carbonyl (C=O) groups is 2. The van der Waals surface area contributed by atoms with Gasteiger partial charge in [0.15, 0.2) is 0 Å². The predicted octanol–water partition coefficient (Wildman–Crippen LogP) is 2.14. The fraction of sp³-hybridized carbons (Fsp3) is 0.467. The number of amides is 1. The quantitative estimate of drug-likeness (QED) is 0.928. The molecular formula is C15H17ClNO3-. The largest absolute Gasteiger partial charge is 0.550 e. The third-order valence-electron chi connectivity index (χ3n) is 3.93. The van der Waals surface area contributed by atoms with Gasteiger partial charge < -0.3 is 15.2 Å². The van der Waals surface area contributed by atoms with E-state index in [0.29, 0.717) is 23.6 Å². The van der Waals surface area contributed by atoms with E-state index in [1.54, 1.807) is 18.2 Å². The molecule has 0 unspecified atom stereocenters. The molecule has 1 aromatic carbocycles. The van der Waals surface area contributed by atoms with Crippen molar-refractivity contribution in [3.05, 3.63) is 28.8 Å². The van der Waals surface area contributed by atoms with Crippen LogP contribution in [-0.4, -0.2) is 11.9 Å². The van der Waals surface area contributed by atoms with Crippen LogP contribution in [0.1, 0.15) is 31.2 Å². The number of benzene rings is 1. The number of nitrogens with one attached hydrogen (secondary N) is 1. The van der Waals surface area contributed by atoms with E-state index in [2.05, 4.69) is 5.32 Å². The van der Waals surface area contributed by atoms with Crippen LogP contribution in [0.4, 0.5) is 5.69 Å². The van der Waals surface area contributed by atoms with Gasteiger partial charge >= 0.3 is 0 Å². The van der Waals surface area contributed by atoms with Gasteiger partial charge in [-0.15, -0.1) is 0 Å². The van der Waals surface area contributed by atoms with Crippen LogP contribution < -0.4 is 10.4 Å². The van der Waals surface area contributed by atoms with Gasteiger partial charge in [0.25, 0.3) is 0 Å². The van der Waals surface area contributed by atoms with Crippen LogP contribution in [0.5, 0.6) is 0 Å². The Balaban J connectivity index is 2.14. The Morgan fingerprint density at radius 3 is 2.55 bits per heavy atom. The topological polar surface area (TPSA) is 69.2 Å². The summed E-state index contributed by atoms with van der Waals surface area (Å²) in [5, 5.41) is 14.5. The summed E-state index contributed by atoms with van der Waals surface area (Å²) in [7, 11) is 0. The van der Waals surface area contributed by atoms with E-state index >= 15 is 0 Å². The first-order valence-electron chi connectivity index (χ1n) is 6.77. The molecule has 20 heavy (non-hydrogen) atoms. The van der Waals surface area contributed by atoms with Crippen molar-refractivity contribution in [2.75, 3.05) is 5.32 Å². The molecular weight excluding hydrogens is 278 g/mol. The molecule has 4 nitrogen and oxygen atoms in total. The van der Waals surface area contributed by atoms with Gasteiger partial charge in [-0.2, -0.15) is 0 Å². The molecule has 0 radical (unpaired) electrons. The first kappa shape index (κ1) is 14.9. The lowest BCUT2D eigenvalue weighted by atomic mass is 9.78. The molecule has 1 aromatic rings. The van der Waals surface area contributed by atoms with Gasteiger partial charge in [0.2, 0.25) is 5.91 Å². The molecule has 1 saturated carbocycles. The van der Waals surface area contributed by atoms with Crippen molar-refractivity contribution in [1.29, 1.82) is 0 Å². The summed E-state index contributed by atoms with van der Waals surface area (Å²) in [6.45, 7) is 1.81. The van der Waals surface area contributed by atoms with Crippen LogP contribution >= 0.6 is 11.6 Å². The van der Waals surface area contributed by atoms with Crippen LogP contribution in [0, 0.1) is 18.8 Å². The van der Waals surface area contributed by atoms with Crippen LogP contribution in [0.2, 0.25) is 5.02 Å². The Hall–Kier alpha value is -1.55. The number of rotatable bonds is 3. The van der Waals surface area contributed by atoms with Gasteiger partial charge in [0.05, 0.1) is 0 Å². The zero-order valence-electron chi connectivity index (χ0n) is 11.3. The van der Waals surface area contributed by atoms with Crippen molar-refractivity contribution >= 4 is 29.2 Å². The molecule has 1 N–H and O–H groups in total. The Bertz CT molecular complexity index is 530. The molecule has 5 heteroatoms. The zero-order chi connectivity index (χ0) is 14.7. The molecule has 0 aromatic heterocycles. The molecule has 2 atom stereocenters. The minimum atomic E-state index is -1.13. The van der Waals surface area contributed by atoms with Gasteiger partial charge in [-0.05, 0) is 37.5 Å². The average Bonchev–Trinajstić information content (AvgIpc) is 2.43. The Labute approximate surface area is 123 Å². The highest BCUT2D eigenvalue weighted by Gasteiger charge is 2.31. The summed E-state index contributed by atoms with van der Waals surface area (Å²) >= 11 is 6.01. The highest BCUT2D eigenvalue weighted by molar-refractivity contribution is 6.31. The Morgan fingerprint density at radius 2 is 1.90 bits per heavy atom. The smallest absolute Gasteiger partial charge is 0.228 e. The number of anilines is 1. The minimum Gasteiger partial charge on any atom is -0.550 e. The van der Waals surface area contributed by atoms with E-state index in [9.17, 15) is 14.7 Å². The van der Waals surface area contributed by atoms with E-state index in [-0.39, 0.29) is 5.91 Å². The number of hydrogen-bond acceptors (Lipinski definition) is 3. The van der Waals surface area contributed by atoms with E-state index < -0.39 is 17.8 Å².